The van der Waals surface area contributed by atoms with Crippen molar-refractivity contribution < 1.29 is 23.4 Å². The molecule has 3 aromatic rings. The molecule has 5 nitrogen and oxygen atoms in total. The lowest BCUT2D eigenvalue weighted by molar-refractivity contribution is -0.124. The summed E-state index contributed by atoms with van der Waals surface area (Å²) in [5.74, 6) is -0.657. The molecule has 0 fully saturated rings. The number of aliphatic hydroxyl groups is 1. The molecule has 0 bridgehead atoms. The Morgan fingerprint density at radius 2 is 1.96 bits per heavy atom. The molecule has 0 saturated carbocycles. The van der Waals surface area contributed by atoms with E-state index in [-0.39, 0.29) is 18.9 Å². The van der Waals surface area contributed by atoms with Crippen molar-refractivity contribution in [2.45, 2.75) is 12.5 Å². The van der Waals surface area contributed by atoms with Crippen molar-refractivity contribution in [2.24, 2.45) is 0 Å². The van der Waals surface area contributed by atoms with Gasteiger partial charge >= 0.3 is 0 Å². The highest BCUT2D eigenvalue weighted by molar-refractivity contribution is 5.78. The van der Waals surface area contributed by atoms with Crippen LogP contribution in [0, 0.1) is 5.82 Å². The SMILES string of the molecule is C[C@@](O)(CNC(=O)COc1ccccc1F)c1cc2ccccc2o1. The van der Waals surface area contributed by atoms with Gasteiger partial charge in [0.1, 0.15) is 16.9 Å². The maximum absolute atomic E-state index is 13.4. The Morgan fingerprint density at radius 3 is 2.72 bits per heavy atom. The van der Waals surface area contributed by atoms with Crippen LogP contribution >= 0.6 is 0 Å². The first kappa shape index (κ1) is 17.0. The van der Waals surface area contributed by atoms with E-state index in [1.54, 1.807) is 25.1 Å². The minimum absolute atomic E-state index is 0.00157. The molecule has 3 rings (SSSR count). The quantitative estimate of drug-likeness (QED) is 0.722. The van der Waals surface area contributed by atoms with Gasteiger partial charge in [-0.3, -0.25) is 4.79 Å². The van der Waals surface area contributed by atoms with Crippen molar-refractivity contribution in [2.75, 3.05) is 13.2 Å². The number of fused-ring (bicyclic) bond motifs is 1. The van der Waals surface area contributed by atoms with E-state index in [1.165, 1.54) is 18.2 Å². The fourth-order valence-corrected chi connectivity index (χ4v) is 2.36. The summed E-state index contributed by atoms with van der Waals surface area (Å²) in [6.45, 7) is 1.13. The van der Waals surface area contributed by atoms with Gasteiger partial charge in [0, 0.05) is 5.39 Å². The van der Waals surface area contributed by atoms with Crippen molar-refractivity contribution in [3.8, 4) is 5.75 Å². The zero-order valence-electron chi connectivity index (χ0n) is 13.7. The van der Waals surface area contributed by atoms with Gasteiger partial charge in [-0.1, -0.05) is 30.3 Å². The van der Waals surface area contributed by atoms with Gasteiger partial charge in [-0.25, -0.2) is 4.39 Å². The first-order valence-electron chi connectivity index (χ1n) is 7.81. The van der Waals surface area contributed by atoms with E-state index >= 15 is 0 Å². The standard InChI is InChI=1S/C19H18FNO4/c1-19(23,17-10-13-6-2-4-8-15(13)25-17)12-21-18(22)11-24-16-9-5-3-7-14(16)20/h2-10,23H,11-12H2,1H3,(H,21,22)/t19-/m1/s1. The number of nitrogens with one attached hydrogen (secondary N) is 1. The van der Waals surface area contributed by atoms with Gasteiger partial charge in [0.15, 0.2) is 18.2 Å². The van der Waals surface area contributed by atoms with E-state index in [9.17, 15) is 14.3 Å². The maximum Gasteiger partial charge on any atom is 0.258 e. The van der Waals surface area contributed by atoms with Crippen LogP contribution in [0.4, 0.5) is 4.39 Å². The molecule has 6 heteroatoms. The Labute approximate surface area is 144 Å². The predicted octanol–water partition coefficient (Wildman–Crippen LogP) is 2.97. The zero-order chi connectivity index (χ0) is 17.9. The van der Waals surface area contributed by atoms with E-state index in [0.29, 0.717) is 11.3 Å². The summed E-state index contributed by atoms with van der Waals surface area (Å²) in [6, 6.07) is 15.0. The molecular formula is C19H18FNO4. The number of rotatable bonds is 6. The third kappa shape index (κ3) is 3.97. The second-order valence-corrected chi connectivity index (χ2v) is 5.92. The number of para-hydroxylation sites is 2. The molecule has 0 aliphatic rings. The summed E-state index contributed by atoms with van der Waals surface area (Å²) in [5, 5.41) is 14.0. The predicted molar refractivity (Wildman–Crippen MR) is 90.7 cm³/mol. The Balaban J connectivity index is 1.58. The average Bonchev–Trinajstić information content (AvgIpc) is 3.04. The smallest absolute Gasteiger partial charge is 0.258 e. The molecule has 1 heterocycles. The van der Waals surface area contributed by atoms with Crippen LogP contribution < -0.4 is 10.1 Å². The fraction of sp³-hybridized carbons (Fsp3) is 0.211. The first-order chi connectivity index (χ1) is 12.0. The lowest BCUT2D eigenvalue weighted by Crippen LogP contribution is -2.40. The van der Waals surface area contributed by atoms with Crippen molar-refractivity contribution >= 4 is 16.9 Å². The molecule has 0 aliphatic heterocycles. The summed E-state index contributed by atoms with van der Waals surface area (Å²) in [5.41, 5.74) is -0.723. The molecule has 1 amide bonds. The number of hydrogen-bond donors (Lipinski definition) is 2. The molecule has 130 valence electrons. The maximum atomic E-state index is 13.4. The van der Waals surface area contributed by atoms with E-state index in [2.05, 4.69) is 5.32 Å². The van der Waals surface area contributed by atoms with E-state index < -0.39 is 17.3 Å². The lowest BCUT2D eigenvalue weighted by atomic mass is 10.0. The number of hydrogen-bond acceptors (Lipinski definition) is 4. The number of halogens is 1. The van der Waals surface area contributed by atoms with Gasteiger partial charge in [0.05, 0.1) is 6.54 Å². The molecule has 0 radical (unpaired) electrons. The van der Waals surface area contributed by atoms with Crippen molar-refractivity contribution in [1.82, 2.24) is 5.32 Å². The number of carbonyl (C=O) groups is 1. The van der Waals surface area contributed by atoms with E-state index in [1.807, 2.05) is 18.2 Å². The zero-order valence-corrected chi connectivity index (χ0v) is 13.7. The number of carbonyl (C=O) groups excluding carboxylic acids is 1. The summed E-state index contributed by atoms with van der Waals surface area (Å²) < 4.78 is 24.2. The summed E-state index contributed by atoms with van der Waals surface area (Å²) >= 11 is 0. The minimum Gasteiger partial charge on any atom is -0.481 e. The van der Waals surface area contributed by atoms with E-state index in [4.69, 9.17) is 9.15 Å². The van der Waals surface area contributed by atoms with Crippen LogP contribution in [0.5, 0.6) is 5.75 Å². The molecule has 0 aliphatic carbocycles. The van der Waals surface area contributed by atoms with Crippen LogP contribution in [0.1, 0.15) is 12.7 Å². The van der Waals surface area contributed by atoms with Crippen molar-refractivity contribution in [3.63, 3.8) is 0 Å². The Hall–Kier alpha value is -2.86. The highest BCUT2D eigenvalue weighted by Gasteiger charge is 2.28. The van der Waals surface area contributed by atoms with Crippen molar-refractivity contribution in [3.05, 3.63) is 66.2 Å². The van der Waals surface area contributed by atoms with Crippen LogP contribution in [0.25, 0.3) is 11.0 Å². The Bertz CT molecular complexity index is 855. The van der Waals surface area contributed by atoms with Gasteiger partial charge in [0.25, 0.3) is 5.91 Å². The third-order valence-electron chi connectivity index (χ3n) is 3.78. The molecular weight excluding hydrogens is 325 g/mol. The summed E-state index contributed by atoms with van der Waals surface area (Å²) in [7, 11) is 0. The van der Waals surface area contributed by atoms with Crippen LogP contribution in [-0.4, -0.2) is 24.2 Å². The van der Waals surface area contributed by atoms with Gasteiger partial charge in [-0.15, -0.1) is 0 Å². The van der Waals surface area contributed by atoms with Crippen LogP contribution in [0.3, 0.4) is 0 Å². The van der Waals surface area contributed by atoms with Gasteiger partial charge < -0.3 is 19.6 Å². The number of amides is 1. The number of furan rings is 1. The van der Waals surface area contributed by atoms with Gasteiger partial charge in [-0.2, -0.15) is 0 Å². The average molecular weight is 343 g/mol. The molecule has 0 spiro atoms. The molecule has 0 unspecified atom stereocenters. The van der Waals surface area contributed by atoms with Crippen LogP contribution in [0.15, 0.2) is 59.0 Å². The molecule has 2 N–H and O–H groups in total. The van der Waals surface area contributed by atoms with Gasteiger partial charge in [-0.05, 0) is 31.2 Å². The van der Waals surface area contributed by atoms with Crippen LogP contribution in [-0.2, 0) is 10.4 Å². The first-order valence-corrected chi connectivity index (χ1v) is 7.81. The minimum atomic E-state index is -1.38. The highest BCUT2D eigenvalue weighted by Crippen LogP contribution is 2.27. The monoisotopic (exact) mass is 343 g/mol. The van der Waals surface area contributed by atoms with E-state index in [0.717, 1.165) is 5.39 Å². The van der Waals surface area contributed by atoms with Crippen molar-refractivity contribution in [1.29, 1.82) is 0 Å². The molecule has 1 aromatic heterocycles. The van der Waals surface area contributed by atoms with Crippen LogP contribution in [0.2, 0.25) is 0 Å². The summed E-state index contributed by atoms with van der Waals surface area (Å²) in [4.78, 5) is 11.9. The second-order valence-electron chi connectivity index (χ2n) is 5.92. The third-order valence-corrected chi connectivity index (χ3v) is 3.78. The molecule has 2 aromatic carbocycles. The topological polar surface area (TPSA) is 71.7 Å². The molecule has 1 atom stereocenters. The lowest BCUT2D eigenvalue weighted by Gasteiger charge is -2.21. The Kier molecular flexibility index (Phi) is 4.72. The Morgan fingerprint density at radius 1 is 1.24 bits per heavy atom. The second kappa shape index (κ2) is 6.94. The normalized spacial score (nSPS) is 13.4. The number of benzene rings is 2. The molecule has 0 saturated heterocycles. The van der Waals surface area contributed by atoms with Gasteiger partial charge in [0.2, 0.25) is 0 Å². The number of ether oxygens (including phenoxy) is 1. The largest absolute Gasteiger partial charge is 0.481 e. The summed E-state index contributed by atoms with van der Waals surface area (Å²) in [6.07, 6.45) is 0. The fourth-order valence-electron chi connectivity index (χ4n) is 2.36. The highest BCUT2D eigenvalue weighted by atomic mass is 19.1. The molecule has 25 heavy (non-hydrogen) atoms.